The van der Waals surface area contributed by atoms with Gasteiger partial charge in [0.15, 0.2) is 11.5 Å². The Labute approximate surface area is 132 Å². The van der Waals surface area contributed by atoms with Crippen LogP contribution in [0.4, 0.5) is 5.69 Å². The molecule has 3 rings (SSSR count). The van der Waals surface area contributed by atoms with E-state index in [1.807, 2.05) is 18.2 Å². The highest BCUT2D eigenvalue weighted by Crippen LogP contribution is 2.31. The molecule has 5 nitrogen and oxygen atoms in total. The van der Waals surface area contributed by atoms with Gasteiger partial charge >= 0.3 is 0 Å². The quantitative estimate of drug-likeness (QED) is 0.925. The molecule has 1 atom stereocenters. The summed E-state index contributed by atoms with van der Waals surface area (Å²) in [5, 5.41) is 11.8. The van der Waals surface area contributed by atoms with Gasteiger partial charge in [0.1, 0.15) is 12.7 Å². The molecule has 0 radical (unpaired) electrons. The zero-order valence-corrected chi connectivity index (χ0v) is 12.1. The second-order valence-corrected chi connectivity index (χ2v) is 5.07. The van der Waals surface area contributed by atoms with Gasteiger partial charge in [-0.15, -0.1) is 0 Å². The smallest absolute Gasteiger partial charge is 0.269 e. The monoisotopic (exact) mass is 314 g/mol. The lowest BCUT2D eigenvalue weighted by Crippen LogP contribution is -2.40. The van der Waals surface area contributed by atoms with Crippen LogP contribution in [0.1, 0.15) is 5.56 Å². The average Bonchev–Trinajstić information content (AvgIpc) is 2.54. The Balaban J connectivity index is 1.71. The van der Waals surface area contributed by atoms with Gasteiger partial charge in [-0.25, -0.2) is 0 Å². The van der Waals surface area contributed by atoms with Gasteiger partial charge in [0.2, 0.25) is 6.10 Å². The third-order valence-electron chi connectivity index (χ3n) is 3.16. The van der Waals surface area contributed by atoms with Crippen LogP contribution in [0.5, 0.6) is 11.5 Å². The van der Waals surface area contributed by atoms with E-state index in [4.69, 9.17) is 26.3 Å². The van der Waals surface area contributed by atoms with Crippen LogP contribution in [0.25, 0.3) is 0 Å². The Bertz CT molecular complexity index is 770. The minimum absolute atomic E-state index is 0.132. The van der Waals surface area contributed by atoms with Crippen molar-refractivity contribution in [2.45, 2.75) is 6.10 Å². The molecular weight excluding hydrogens is 304 g/mol. The van der Waals surface area contributed by atoms with Gasteiger partial charge in [-0.05, 0) is 30.3 Å². The average molecular weight is 315 g/mol. The molecule has 0 aliphatic carbocycles. The van der Waals surface area contributed by atoms with Crippen molar-refractivity contribution in [3.63, 3.8) is 0 Å². The van der Waals surface area contributed by atoms with Crippen molar-refractivity contribution >= 4 is 23.2 Å². The van der Waals surface area contributed by atoms with Gasteiger partial charge in [0, 0.05) is 5.69 Å². The Morgan fingerprint density at radius 3 is 2.77 bits per heavy atom. The fourth-order valence-electron chi connectivity index (χ4n) is 2.06. The lowest BCUT2D eigenvalue weighted by atomic mass is 10.2. The molecule has 0 spiro atoms. The van der Waals surface area contributed by atoms with E-state index >= 15 is 0 Å². The zero-order valence-electron chi connectivity index (χ0n) is 11.4. The fourth-order valence-corrected chi connectivity index (χ4v) is 2.28. The number of rotatable bonds is 2. The molecule has 1 heterocycles. The maximum absolute atomic E-state index is 12.2. The van der Waals surface area contributed by atoms with E-state index in [0.717, 1.165) is 0 Å². The molecule has 0 saturated carbocycles. The van der Waals surface area contributed by atoms with E-state index < -0.39 is 6.10 Å². The van der Waals surface area contributed by atoms with Crippen molar-refractivity contribution in [1.29, 1.82) is 5.26 Å². The summed E-state index contributed by atoms with van der Waals surface area (Å²) in [5.74, 6) is 0.815. The van der Waals surface area contributed by atoms with Gasteiger partial charge in [-0.2, -0.15) is 5.26 Å². The van der Waals surface area contributed by atoms with E-state index in [2.05, 4.69) is 5.32 Å². The number of nitrogens with one attached hydrogen (secondary N) is 1. The molecule has 0 saturated heterocycles. The molecule has 1 unspecified atom stereocenters. The van der Waals surface area contributed by atoms with E-state index in [-0.39, 0.29) is 17.5 Å². The first-order chi connectivity index (χ1) is 10.7. The molecule has 22 heavy (non-hydrogen) atoms. The number of fused-ring (bicyclic) bond motifs is 1. The first-order valence-electron chi connectivity index (χ1n) is 6.56. The van der Waals surface area contributed by atoms with Gasteiger partial charge in [-0.3, -0.25) is 4.79 Å². The standard InChI is InChI=1S/C16H11ClN2O3/c17-12-7-11(6-5-10(12)8-18)19-16(20)15-9-21-13-3-1-2-4-14(13)22-15/h1-7,15H,9H2,(H,19,20). The lowest BCUT2D eigenvalue weighted by Gasteiger charge is -2.25. The molecule has 2 aromatic carbocycles. The highest BCUT2D eigenvalue weighted by molar-refractivity contribution is 6.32. The van der Waals surface area contributed by atoms with Crippen LogP contribution in [-0.2, 0) is 4.79 Å². The summed E-state index contributed by atoms with van der Waals surface area (Å²) in [5.41, 5.74) is 0.849. The van der Waals surface area contributed by atoms with E-state index in [1.54, 1.807) is 24.3 Å². The fraction of sp³-hybridized carbons (Fsp3) is 0.125. The molecule has 1 amide bonds. The number of anilines is 1. The van der Waals surface area contributed by atoms with Gasteiger partial charge < -0.3 is 14.8 Å². The third kappa shape index (κ3) is 2.83. The summed E-state index contributed by atoms with van der Waals surface area (Å²) in [6, 6.07) is 13.8. The number of nitriles is 1. The van der Waals surface area contributed by atoms with Crippen molar-refractivity contribution in [1.82, 2.24) is 0 Å². The van der Waals surface area contributed by atoms with Crippen molar-refractivity contribution in [3.8, 4) is 17.6 Å². The molecule has 1 aliphatic rings. The maximum atomic E-state index is 12.2. The number of hydrogen-bond acceptors (Lipinski definition) is 4. The van der Waals surface area contributed by atoms with Gasteiger partial charge in [-0.1, -0.05) is 23.7 Å². The molecule has 0 bridgehead atoms. The number of carbonyl (C=O) groups excluding carboxylic acids is 1. The van der Waals surface area contributed by atoms with E-state index in [9.17, 15) is 4.79 Å². The summed E-state index contributed by atoms with van der Waals surface area (Å²) in [4.78, 5) is 12.2. The van der Waals surface area contributed by atoms with E-state index in [0.29, 0.717) is 22.7 Å². The number of carbonyl (C=O) groups is 1. The summed E-state index contributed by atoms with van der Waals surface area (Å²) in [6.07, 6.45) is -0.746. The van der Waals surface area contributed by atoms with Crippen LogP contribution in [0, 0.1) is 11.3 Å². The molecule has 1 aliphatic heterocycles. The Morgan fingerprint density at radius 1 is 1.27 bits per heavy atom. The predicted octanol–water partition coefficient (Wildman–Crippen LogP) is 2.99. The topological polar surface area (TPSA) is 71.4 Å². The molecular formula is C16H11ClN2O3. The molecule has 0 fully saturated rings. The number of ether oxygens (including phenoxy) is 2. The number of halogens is 1. The van der Waals surface area contributed by atoms with Crippen LogP contribution < -0.4 is 14.8 Å². The van der Waals surface area contributed by atoms with E-state index in [1.165, 1.54) is 6.07 Å². The van der Waals surface area contributed by atoms with Crippen molar-refractivity contribution in [3.05, 3.63) is 53.1 Å². The minimum atomic E-state index is -0.746. The largest absolute Gasteiger partial charge is 0.485 e. The van der Waals surface area contributed by atoms with Crippen LogP contribution >= 0.6 is 11.6 Å². The van der Waals surface area contributed by atoms with Gasteiger partial charge in [0.25, 0.3) is 5.91 Å². The summed E-state index contributed by atoms with van der Waals surface area (Å²) in [6.45, 7) is 0.132. The second-order valence-electron chi connectivity index (χ2n) is 4.66. The summed E-state index contributed by atoms with van der Waals surface area (Å²) >= 11 is 5.94. The predicted molar refractivity (Wildman–Crippen MR) is 81.1 cm³/mol. The first-order valence-corrected chi connectivity index (χ1v) is 6.94. The van der Waals surface area contributed by atoms with Crippen LogP contribution in [0.15, 0.2) is 42.5 Å². The molecule has 1 N–H and O–H groups in total. The number of benzene rings is 2. The van der Waals surface area contributed by atoms with Crippen LogP contribution in [0.2, 0.25) is 5.02 Å². The highest BCUT2D eigenvalue weighted by atomic mass is 35.5. The zero-order chi connectivity index (χ0) is 15.5. The second kappa shape index (κ2) is 5.96. The molecule has 2 aromatic rings. The van der Waals surface area contributed by atoms with Crippen molar-refractivity contribution in [2.75, 3.05) is 11.9 Å². The molecule has 110 valence electrons. The summed E-state index contributed by atoms with van der Waals surface area (Å²) < 4.78 is 11.1. The van der Waals surface area contributed by atoms with Crippen molar-refractivity contribution < 1.29 is 14.3 Å². The van der Waals surface area contributed by atoms with Crippen molar-refractivity contribution in [2.24, 2.45) is 0 Å². The molecule has 0 aromatic heterocycles. The highest BCUT2D eigenvalue weighted by Gasteiger charge is 2.27. The Hall–Kier alpha value is -2.71. The lowest BCUT2D eigenvalue weighted by molar-refractivity contribution is -0.125. The normalized spacial score (nSPS) is 15.7. The van der Waals surface area contributed by atoms with Crippen LogP contribution in [-0.4, -0.2) is 18.6 Å². The third-order valence-corrected chi connectivity index (χ3v) is 3.47. The molecule has 6 heteroatoms. The SMILES string of the molecule is N#Cc1ccc(NC(=O)C2COc3ccccc3O2)cc1Cl. The Kier molecular flexibility index (Phi) is 3.86. The minimum Gasteiger partial charge on any atom is -0.485 e. The summed E-state index contributed by atoms with van der Waals surface area (Å²) in [7, 11) is 0. The number of amides is 1. The van der Waals surface area contributed by atoms with Crippen LogP contribution in [0.3, 0.4) is 0 Å². The Morgan fingerprint density at radius 2 is 2.05 bits per heavy atom. The number of para-hydroxylation sites is 2. The maximum Gasteiger partial charge on any atom is 0.269 e. The number of nitrogens with zero attached hydrogens (tertiary/aromatic N) is 1. The van der Waals surface area contributed by atoms with Gasteiger partial charge in [0.05, 0.1) is 10.6 Å². The first kappa shape index (κ1) is 14.2. The number of hydrogen-bond donors (Lipinski definition) is 1.